The van der Waals surface area contributed by atoms with Crippen LogP contribution >= 0.6 is 0 Å². The Morgan fingerprint density at radius 2 is 1.86 bits per heavy atom. The molecule has 0 saturated carbocycles. The number of amides is 1. The van der Waals surface area contributed by atoms with Crippen LogP contribution in [0.4, 0.5) is 28.9 Å². The van der Waals surface area contributed by atoms with E-state index in [1.165, 1.54) is 18.3 Å². The van der Waals surface area contributed by atoms with Crippen LogP contribution in [-0.2, 0) is 22.3 Å². The lowest BCUT2D eigenvalue weighted by Crippen LogP contribution is -2.42. The zero-order valence-electron chi connectivity index (χ0n) is 19.3. The second kappa shape index (κ2) is 10.5. The van der Waals surface area contributed by atoms with Crippen LogP contribution in [0.5, 0.6) is 0 Å². The van der Waals surface area contributed by atoms with Gasteiger partial charge in [0.1, 0.15) is 5.82 Å². The Balaban J connectivity index is 1.40. The van der Waals surface area contributed by atoms with E-state index >= 15 is 0 Å². The molecule has 3 N–H and O–H groups in total. The number of nitrogens with zero attached hydrogens (tertiary/aromatic N) is 1. The number of rotatable bonds is 8. The topological polar surface area (TPSA) is 113 Å². The lowest BCUT2D eigenvalue weighted by atomic mass is 9.80. The van der Waals surface area contributed by atoms with Gasteiger partial charge in [-0.15, -0.1) is 0 Å². The lowest BCUT2D eigenvalue weighted by molar-refractivity contribution is -0.137. The third kappa shape index (κ3) is 6.20. The Morgan fingerprint density at radius 1 is 1.11 bits per heavy atom. The molecule has 0 bridgehead atoms. The minimum Gasteiger partial charge on any atom is -0.380 e. The number of nitrogens with one attached hydrogen (secondary N) is 3. The number of aromatic amines is 1. The van der Waals surface area contributed by atoms with E-state index in [-0.39, 0.29) is 36.7 Å². The Kier molecular flexibility index (Phi) is 7.39. The minimum absolute atomic E-state index is 0.0449. The summed E-state index contributed by atoms with van der Waals surface area (Å²) < 4.78 is 58.4. The molecular weight excluding hydrogens is 496 g/mol. The van der Waals surface area contributed by atoms with Gasteiger partial charge in [-0.25, -0.2) is 9.49 Å². The molecule has 2 heterocycles. The van der Waals surface area contributed by atoms with Crippen LogP contribution < -0.4 is 16.2 Å². The Bertz CT molecular complexity index is 1350. The minimum atomic E-state index is -4.73. The number of alkyl halides is 3. The molecule has 1 saturated heterocycles. The molecule has 1 amide bonds. The van der Waals surface area contributed by atoms with Crippen LogP contribution in [0, 0.1) is 11.2 Å². The third-order valence-corrected chi connectivity index (χ3v) is 6.04. The molecule has 1 aromatic heterocycles. The van der Waals surface area contributed by atoms with Crippen molar-refractivity contribution in [3.05, 3.63) is 87.6 Å². The van der Waals surface area contributed by atoms with Crippen molar-refractivity contribution in [3.8, 4) is 0 Å². The van der Waals surface area contributed by atoms with Gasteiger partial charge < -0.3 is 15.4 Å². The van der Waals surface area contributed by atoms with Crippen LogP contribution in [0.15, 0.2) is 59.5 Å². The molecule has 1 aliphatic heterocycles. The van der Waals surface area contributed by atoms with E-state index in [0.29, 0.717) is 30.3 Å². The first-order valence-electron chi connectivity index (χ1n) is 11.2. The fraction of sp³-hybridized carbons (Fsp3) is 0.280. The van der Waals surface area contributed by atoms with Gasteiger partial charge in [0.15, 0.2) is 5.78 Å². The van der Waals surface area contributed by atoms with Crippen molar-refractivity contribution in [3.63, 3.8) is 0 Å². The van der Waals surface area contributed by atoms with Crippen molar-refractivity contribution >= 4 is 23.1 Å². The lowest BCUT2D eigenvalue weighted by Gasteiger charge is -2.25. The van der Waals surface area contributed by atoms with E-state index in [4.69, 9.17) is 4.74 Å². The van der Waals surface area contributed by atoms with Gasteiger partial charge in [-0.3, -0.25) is 14.4 Å². The molecule has 1 fully saturated rings. The fourth-order valence-corrected chi connectivity index (χ4v) is 4.04. The molecule has 1 atom stereocenters. The molecule has 8 nitrogen and oxygen atoms in total. The number of Topliss-reactive ketones (excluding diaryl/α,β-unsaturated/α-hetero) is 1. The van der Waals surface area contributed by atoms with Crippen LogP contribution in [0.2, 0.25) is 0 Å². The summed E-state index contributed by atoms with van der Waals surface area (Å²) in [6.45, 7) is 0.452. The van der Waals surface area contributed by atoms with E-state index in [9.17, 15) is 31.9 Å². The van der Waals surface area contributed by atoms with Crippen LogP contribution in [0.3, 0.4) is 0 Å². The Hall–Kier alpha value is -4.06. The predicted octanol–water partition coefficient (Wildman–Crippen LogP) is 3.97. The van der Waals surface area contributed by atoms with E-state index in [0.717, 1.165) is 18.2 Å². The number of benzene rings is 2. The van der Waals surface area contributed by atoms with E-state index in [1.807, 2.05) is 0 Å². The maximum atomic E-state index is 13.3. The van der Waals surface area contributed by atoms with Gasteiger partial charge in [0.2, 0.25) is 5.91 Å². The summed E-state index contributed by atoms with van der Waals surface area (Å²) in [5, 5.41) is 11.2. The number of carbonyl (C=O) groups excluding carboxylic acids is 2. The molecule has 0 spiro atoms. The molecule has 194 valence electrons. The monoisotopic (exact) mass is 518 g/mol. The van der Waals surface area contributed by atoms with Crippen molar-refractivity contribution < 1.29 is 31.9 Å². The second-order valence-corrected chi connectivity index (χ2v) is 8.71. The summed E-state index contributed by atoms with van der Waals surface area (Å²) in [5.74, 6) is -1.79. The Labute approximate surface area is 208 Å². The highest BCUT2D eigenvalue weighted by Gasteiger charge is 2.44. The maximum absolute atomic E-state index is 13.3. The summed E-state index contributed by atoms with van der Waals surface area (Å²) in [6.07, 6.45) is -3.34. The number of anilines is 2. The highest BCUT2D eigenvalue weighted by molar-refractivity contribution is 5.99. The largest absolute Gasteiger partial charge is 0.418 e. The van der Waals surface area contributed by atoms with Crippen LogP contribution in [0.1, 0.15) is 34.3 Å². The number of ketones is 1. The summed E-state index contributed by atoms with van der Waals surface area (Å²) in [5.41, 5.74) is -1.95. The van der Waals surface area contributed by atoms with Crippen LogP contribution in [0.25, 0.3) is 0 Å². The first-order chi connectivity index (χ1) is 17.6. The zero-order chi connectivity index (χ0) is 26.6. The number of aromatic nitrogens is 2. The molecule has 0 aliphatic carbocycles. The van der Waals surface area contributed by atoms with Gasteiger partial charge in [0.05, 0.1) is 29.5 Å². The molecule has 4 rings (SSSR count). The van der Waals surface area contributed by atoms with Gasteiger partial charge in [0.25, 0.3) is 5.56 Å². The maximum Gasteiger partial charge on any atom is 0.418 e. The van der Waals surface area contributed by atoms with Crippen molar-refractivity contribution in [2.45, 2.75) is 25.6 Å². The number of ether oxygens (including phenoxy) is 1. The average Bonchev–Trinajstić information content (AvgIpc) is 3.33. The molecule has 3 aromatic rings. The molecule has 2 aromatic carbocycles. The quantitative estimate of drug-likeness (QED) is 0.307. The summed E-state index contributed by atoms with van der Waals surface area (Å²) >= 11 is 0. The van der Waals surface area contributed by atoms with E-state index in [2.05, 4.69) is 20.8 Å². The highest BCUT2D eigenvalue weighted by Crippen LogP contribution is 2.37. The van der Waals surface area contributed by atoms with Crippen molar-refractivity contribution in [2.75, 3.05) is 18.5 Å². The van der Waals surface area contributed by atoms with E-state index in [1.54, 1.807) is 12.1 Å². The molecule has 0 radical (unpaired) electrons. The highest BCUT2D eigenvalue weighted by atomic mass is 19.4. The van der Waals surface area contributed by atoms with Crippen molar-refractivity contribution in [2.24, 2.45) is 5.41 Å². The van der Waals surface area contributed by atoms with Gasteiger partial charge in [-0.05, 0) is 42.3 Å². The first kappa shape index (κ1) is 26.0. The molecule has 12 heteroatoms. The number of carbonyl (C=O) groups is 2. The summed E-state index contributed by atoms with van der Waals surface area (Å²) in [7, 11) is 0. The van der Waals surface area contributed by atoms with Crippen LogP contribution in [-0.4, -0.2) is 35.1 Å². The fourth-order valence-electron chi connectivity index (χ4n) is 4.04. The van der Waals surface area contributed by atoms with Gasteiger partial charge in [-0.1, -0.05) is 12.1 Å². The molecule has 37 heavy (non-hydrogen) atoms. The second-order valence-electron chi connectivity index (χ2n) is 8.71. The van der Waals surface area contributed by atoms with Crippen molar-refractivity contribution in [1.82, 2.24) is 15.5 Å². The SMILES string of the molecule is O=C(C[C@@]1(C(=O)NCc2ccc(Nc3ccc(F)cc3C(F)(F)F)cc2)CCOC1)c1cn[nH]c(=O)c1. The third-order valence-electron chi connectivity index (χ3n) is 6.04. The summed E-state index contributed by atoms with van der Waals surface area (Å²) in [4.78, 5) is 37.2. The smallest absolute Gasteiger partial charge is 0.380 e. The van der Waals surface area contributed by atoms with Gasteiger partial charge in [0, 0.05) is 36.9 Å². The number of hydrogen-bond acceptors (Lipinski definition) is 6. The van der Waals surface area contributed by atoms with Crippen molar-refractivity contribution in [1.29, 1.82) is 0 Å². The van der Waals surface area contributed by atoms with E-state index < -0.39 is 34.3 Å². The average molecular weight is 518 g/mol. The number of H-pyrrole nitrogens is 1. The standard InChI is InChI=1S/C25H22F4N4O4/c26-17-3-6-20(19(10-17)25(27,28)29)32-18-4-1-15(2-5-18)12-30-23(36)24(7-8-37-14-24)11-21(34)16-9-22(35)33-31-13-16/h1-6,9-10,13,32H,7-8,11-12,14H2,(H,30,36)(H,33,35)/t24-/m0/s1. The molecule has 0 unspecified atom stereocenters. The first-order valence-corrected chi connectivity index (χ1v) is 11.2. The van der Waals surface area contributed by atoms with Gasteiger partial charge >= 0.3 is 6.18 Å². The zero-order valence-corrected chi connectivity index (χ0v) is 19.3. The normalized spacial score (nSPS) is 17.4. The van der Waals surface area contributed by atoms with Gasteiger partial charge in [-0.2, -0.15) is 18.3 Å². The summed E-state index contributed by atoms with van der Waals surface area (Å²) in [6, 6.07) is 9.78. The Morgan fingerprint density at radius 3 is 2.51 bits per heavy atom. The predicted molar refractivity (Wildman–Crippen MR) is 125 cm³/mol. The number of halogens is 4. The molecule has 1 aliphatic rings. The number of hydrogen-bond donors (Lipinski definition) is 3. The molecular formula is C25H22F4N4O4.